The van der Waals surface area contributed by atoms with E-state index in [-0.39, 0.29) is 6.61 Å². The molecular formula is C14H19N3O9. The number of ether oxygens (including phenoxy) is 5. The first-order chi connectivity index (χ1) is 12.1. The molecule has 0 amide bonds. The molecule has 26 heavy (non-hydrogen) atoms. The maximum absolute atomic E-state index is 11.5. The van der Waals surface area contributed by atoms with Crippen molar-refractivity contribution < 1.29 is 42.9 Å². The van der Waals surface area contributed by atoms with E-state index in [2.05, 4.69) is 10.0 Å². The fourth-order valence-electron chi connectivity index (χ4n) is 2.35. The summed E-state index contributed by atoms with van der Waals surface area (Å²) in [6.45, 7) is 4.06. The smallest absolute Gasteiger partial charge is 0.303 e. The number of rotatable bonds is 6. The fourth-order valence-corrected chi connectivity index (χ4v) is 2.35. The second kappa shape index (κ2) is 9.59. The Labute approximate surface area is 148 Å². The number of carbonyl (C=O) groups excluding carboxylic acids is 4. The molecule has 0 bridgehead atoms. The van der Waals surface area contributed by atoms with Crippen LogP contribution in [0, 0.1) is 0 Å². The lowest BCUT2D eigenvalue weighted by Gasteiger charge is -2.43. The molecule has 3 unspecified atom stereocenters. The van der Waals surface area contributed by atoms with Crippen molar-refractivity contribution in [1.82, 2.24) is 0 Å². The minimum absolute atomic E-state index is 0.380. The summed E-state index contributed by atoms with van der Waals surface area (Å²) in [7, 11) is 0. The summed E-state index contributed by atoms with van der Waals surface area (Å²) in [5, 5.41) is 3.38. The largest absolute Gasteiger partial charge is 0.463 e. The second-order valence-corrected chi connectivity index (χ2v) is 5.29. The van der Waals surface area contributed by atoms with Crippen molar-refractivity contribution in [3.05, 3.63) is 10.4 Å². The second-order valence-electron chi connectivity index (χ2n) is 5.29. The van der Waals surface area contributed by atoms with Gasteiger partial charge < -0.3 is 23.7 Å². The Morgan fingerprint density at radius 1 is 0.885 bits per heavy atom. The molecule has 5 atom stereocenters. The van der Waals surface area contributed by atoms with Crippen LogP contribution in [0.1, 0.15) is 27.7 Å². The van der Waals surface area contributed by atoms with Gasteiger partial charge in [0.2, 0.25) is 0 Å². The van der Waals surface area contributed by atoms with Crippen LogP contribution in [-0.4, -0.2) is 61.1 Å². The van der Waals surface area contributed by atoms with Crippen molar-refractivity contribution >= 4 is 23.9 Å². The molecule has 1 aliphatic heterocycles. The number of nitrogens with zero attached hydrogens (tertiary/aromatic N) is 3. The predicted molar refractivity (Wildman–Crippen MR) is 81.1 cm³/mol. The van der Waals surface area contributed by atoms with Gasteiger partial charge in [0.05, 0.1) is 0 Å². The van der Waals surface area contributed by atoms with Crippen LogP contribution >= 0.6 is 0 Å². The molecule has 0 aromatic heterocycles. The first kappa shape index (κ1) is 21.2. The number of carbonyl (C=O) groups is 4. The van der Waals surface area contributed by atoms with Crippen molar-refractivity contribution in [2.24, 2.45) is 5.11 Å². The van der Waals surface area contributed by atoms with Crippen LogP contribution in [0.3, 0.4) is 0 Å². The molecule has 1 rings (SSSR count). The highest BCUT2D eigenvalue weighted by Crippen LogP contribution is 2.29. The Bertz CT molecular complexity index is 617. The van der Waals surface area contributed by atoms with Gasteiger partial charge in [-0.1, -0.05) is 5.11 Å². The molecule has 12 heteroatoms. The van der Waals surface area contributed by atoms with Crippen LogP contribution in [0.15, 0.2) is 5.11 Å². The Balaban J connectivity index is 3.28. The maximum Gasteiger partial charge on any atom is 0.303 e. The topological polar surface area (TPSA) is 163 Å². The highest BCUT2D eigenvalue weighted by atomic mass is 16.7. The van der Waals surface area contributed by atoms with E-state index in [9.17, 15) is 19.2 Å². The first-order valence-electron chi connectivity index (χ1n) is 7.50. The molecule has 0 radical (unpaired) electrons. The summed E-state index contributed by atoms with van der Waals surface area (Å²) in [5.41, 5.74) is 8.71. The van der Waals surface area contributed by atoms with Gasteiger partial charge in [0, 0.05) is 32.6 Å². The average molecular weight is 373 g/mol. The lowest BCUT2D eigenvalue weighted by molar-refractivity contribution is -0.251. The Morgan fingerprint density at radius 2 is 1.38 bits per heavy atom. The molecule has 0 aliphatic carbocycles. The van der Waals surface area contributed by atoms with Crippen molar-refractivity contribution in [3.63, 3.8) is 0 Å². The zero-order valence-corrected chi connectivity index (χ0v) is 14.6. The number of hydrogen-bond acceptors (Lipinski definition) is 10. The van der Waals surface area contributed by atoms with Gasteiger partial charge in [-0.05, 0) is 5.53 Å². The maximum atomic E-state index is 11.5. The van der Waals surface area contributed by atoms with Crippen molar-refractivity contribution in [2.75, 3.05) is 6.61 Å². The molecule has 0 aromatic rings. The Hall–Kier alpha value is -2.85. The van der Waals surface area contributed by atoms with Crippen LogP contribution in [-0.2, 0) is 42.9 Å². The molecule has 0 saturated carbocycles. The number of esters is 4. The van der Waals surface area contributed by atoms with E-state index in [4.69, 9.17) is 29.2 Å². The molecule has 1 saturated heterocycles. The van der Waals surface area contributed by atoms with Crippen LogP contribution < -0.4 is 0 Å². The highest BCUT2D eigenvalue weighted by molar-refractivity contribution is 5.68. The van der Waals surface area contributed by atoms with Gasteiger partial charge in [-0.15, -0.1) is 0 Å². The Morgan fingerprint density at radius 3 is 1.85 bits per heavy atom. The van der Waals surface area contributed by atoms with Gasteiger partial charge >= 0.3 is 23.9 Å². The number of azide groups is 1. The van der Waals surface area contributed by atoms with Gasteiger partial charge in [0.25, 0.3) is 0 Å². The lowest BCUT2D eigenvalue weighted by atomic mass is 9.97. The van der Waals surface area contributed by atoms with Gasteiger partial charge in [0.15, 0.2) is 24.5 Å². The van der Waals surface area contributed by atoms with Crippen molar-refractivity contribution in [2.45, 2.75) is 58.3 Å². The van der Waals surface area contributed by atoms with E-state index < -0.39 is 54.5 Å². The summed E-state index contributed by atoms with van der Waals surface area (Å²) in [6.07, 6.45) is -6.52. The van der Waals surface area contributed by atoms with Gasteiger partial charge in [0.1, 0.15) is 12.7 Å². The lowest BCUT2D eigenvalue weighted by Crippen LogP contribution is -2.61. The van der Waals surface area contributed by atoms with Crippen LogP contribution in [0.25, 0.3) is 10.4 Å². The molecule has 144 valence electrons. The van der Waals surface area contributed by atoms with Gasteiger partial charge in [-0.25, -0.2) is 0 Å². The third kappa shape index (κ3) is 6.22. The molecule has 0 N–H and O–H groups in total. The average Bonchev–Trinajstić information content (AvgIpc) is 2.50. The van der Waals surface area contributed by atoms with E-state index in [1.54, 1.807) is 0 Å². The summed E-state index contributed by atoms with van der Waals surface area (Å²) < 4.78 is 25.6. The standard InChI is InChI=1S/C14H19N3O9/c1-6(18)22-5-10-11(23-7(2)19)12(24-8(3)20)13(25-9(4)21)14(26-10)16-17-15/h10-14H,5H2,1-4H3/t10?,11-,12+,13?,14?/m0/s1. The Kier molecular flexibility index (Phi) is 7.81. The third-order valence-corrected chi connectivity index (χ3v) is 3.13. The summed E-state index contributed by atoms with van der Waals surface area (Å²) >= 11 is 0. The van der Waals surface area contributed by atoms with Crippen LogP contribution in [0.2, 0.25) is 0 Å². The van der Waals surface area contributed by atoms with Crippen molar-refractivity contribution in [1.29, 1.82) is 0 Å². The third-order valence-electron chi connectivity index (χ3n) is 3.13. The summed E-state index contributed by atoms with van der Waals surface area (Å²) in [4.78, 5) is 48.0. The monoisotopic (exact) mass is 373 g/mol. The van der Waals surface area contributed by atoms with Gasteiger partial charge in [-0.3, -0.25) is 19.2 Å². The zero-order chi connectivity index (χ0) is 19.9. The highest BCUT2D eigenvalue weighted by Gasteiger charge is 2.51. The first-order valence-corrected chi connectivity index (χ1v) is 7.50. The van der Waals surface area contributed by atoms with Crippen LogP contribution in [0.5, 0.6) is 0 Å². The van der Waals surface area contributed by atoms with Crippen molar-refractivity contribution in [3.8, 4) is 0 Å². The normalized spacial score (nSPS) is 27.5. The summed E-state index contributed by atoms with van der Waals surface area (Å²) in [5.74, 6) is -2.92. The van der Waals surface area contributed by atoms with E-state index in [0.717, 1.165) is 27.7 Å². The fraction of sp³-hybridized carbons (Fsp3) is 0.714. The molecule has 0 spiro atoms. The quantitative estimate of drug-likeness (QED) is 0.210. The summed E-state index contributed by atoms with van der Waals surface area (Å²) in [6, 6.07) is 0. The number of hydrogen-bond donors (Lipinski definition) is 0. The SMILES string of the molecule is CC(=O)OCC1OC(N=[N+]=[N-])C(OC(C)=O)[C@H](OC(C)=O)[C@H]1OC(C)=O. The van der Waals surface area contributed by atoms with E-state index in [1.165, 1.54) is 0 Å². The molecule has 0 aromatic carbocycles. The molecule has 1 heterocycles. The molecule has 12 nitrogen and oxygen atoms in total. The predicted octanol–water partition coefficient (Wildman–Crippen LogP) is 0.380. The molecule has 1 fully saturated rings. The minimum Gasteiger partial charge on any atom is -0.463 e. The van der Waals surface area contributed by atoms with E-state index >= 15 is 0 Å². The molecular weight excluding hydrogens is 354 g/mol. The van der Waals surface area contributed by atoms with E-state index in [1.807, 2.05) is 0 Å². The van der Waals surface area contributed by atoms with E-state index in [0.29, 0.717) is 0 Å². The minimum atomic E-state index is -1.40. The molecule has 1 aliphatic rings. The van der Waals surface area contributed by atoms with Gasteiger partial charge in [-0.2, -0.15) is 0 Å². The van der Waals surface area contributed by atoms with Crippen LogP contribution in [0.4, 0.5) is 0 Å². The zero-order valence-electron chi connectivity index (χ0n) is 14.6.